The maximum absolute atomic E-state index is 5.68. The smallest absolute Gasteiger partial charge is 0.161 e. The molecule has 0 fully saturated rings. The molecule has 2 rings (SSSR count). The number of benzene rings is 1. The Labute approximate surface area is 83.6 Å². The summed E-state index contributed by atoms with van der Waals surface area (Å²) in [5, 5.41) is 0. The molecule has 1 aromatic rings. The number of ether oxygens (including phenoxy) is 3. The summed E-state index contributed by atoms with van der Waals surface area (Å²) in [6.07, 6.45) is 0.0184. The van der Waals surface area contributed by atoms with Crippen molar-refractivity contribution >= 4 is 0 Å². The second-order valence-electron chi connectivity index (χ2n) is 3.16. The van der Waals surface area contributed by atoms with Gasteiger partial charge in [0.25, 0.3) is 0 Å². The van der Waals surface area contributed by atoms with Gasteiger partial charge in [-0.3, -0.25) is 0 Å². The third kappa shape index (κ3) is 1.99. The first-order chi connectivity index (χ1) is 6.90. The van der Waals surface area contributed by atoms with Crippen molar-refractivity contribution < 1.29 is 14.2 Å². The summed E-state index contributed by atoms with van der Waals surface area (Å²) in [5.74, 6) is 1.63. The van der Waals surface area contributed by atoms with Gasteiger partial charge in [-0.25, -0.2) is 0 Å². The van der Waals surface area contributed by atoms with Crippen molar-refractivity contribution in [2.24, 2.45) is 0 Å². The molecule has 0 saturated heterocycles. The van der Waals surface area contributed by atoms with Crippen LogP contribution in [-0.4, -0.2) is 25.9 Å². The molecule has 3 heteroatoms. The van der Waals surface area contributed by atoms with E-state index < -0.39 is 0 Å². The van der Waals surface area contributed by atoms with E-state index in [4.69, 9.17) is 14.2 Å². The number of para-hydroxylation sites is 2. The monoisotopic (exact) mass is 194 g/mol. The van der Waals surface area contributed by atoms with Crippen LogP contribution in [0, 0.1) is 0 Å². The largest absolute Gasteiger partial charge is 0.486 e. The third-order valence-corrected chi connectivity index (χ3v) is 2.08. The zero-order valence-electron chi connectivity index (χ0n) is 8.23. The zero-order valence-corrected chi connectivity index (χ0v) is 8.23. The lowest BCUT2D eigenvalue weighted by Crippen LogP contribution is -2.33. The van der Waals surface area contributed by atoms with Gasteiger partial charge in [0.15, 0.2) is 17.6 Å². The van der Waals surface area contributed by atoms with Gasteiger partial charge in [0, 0.05) is 6.61 Å². The second-order valence-corrected chi connectivity index (χ2v) is 3.16. The first-order valence-electron chi connectivity index (χ1n) is 4.86. The highest BCUT2D eigenvalue weighted by molar-refractivity contribution is 5.40. The van der Waals surface area contributed by atoms with Gasteiger partial charge < -0.3 is 14.2 Å². The Hall–Kier alpha value is -1.22. The summed E-state index contributed by atoms with van der Waals surface area (Å²) in [6, 6.07) is 7.69. The number of hydrogen-bond acceptors (Lipinski definition) is 3. The van der Waals surface area contributed by atoms with Crippen LogP contribution in [0.5, 0.6) is 11.5 Å². The van der Waals surface area contributed by atoms with Crippen LogP contribution >= 0.6 is 0 Å². The molecule has 0 aromatic heterocycles. The molecule has 0 saturated carbocycles. The first-order valence-corrected chi connectivity index (χ1v) is 4.86. The molecule has 0 radical (unpaired) electrons. The molecule has 1 aliphatic rings. The minimum atomic E-state index is 0.0184. The molecule has 0 aliphatic carbocycles. The molecule has 14 heavy (non-hydrogen) atoms. The Morgan fingerprint density at radius 1 is 1.36 bits per heavy atom. The Balaban J connectivity index is 1.99. The van der Waals surface area contributed by atoms with Gasteiger partial charge in [-0.1, -0.05) is 12.1 Å². The van der Waals surface area contributed by atoms with Crippen LogP contribution in [-0.2, 0) is 4.74 Å². The molecule has 0 bridgehead atoms. The van der Waals surface area contributed by atoms with Gasteiger partial charge in [-0.15, -0.1) is 0 Å². The van der Waals surface area contributed by atoms with E-state index in [2.05, 4.69) is 0 Å². The van der Waals surface area contributed by atoms with Crippen molar-refractivity contribution in [2.45, 2.75) is 13.0 Å². The van der Waals surface area contributed by atoms with Crippen LogP contribution in [0.25, 0.3) is 0 Å². The maximum Gasteiger partial charge on any atom is 0.161 e. The van der Waals surface area contributed by atoms with E-state index in [1.54, 1.807) is 0 Å². The average Bonchev–Trinajstić information content (AvgIpc) is 2.26. The highest BCUT2D eigenvalue weighted by atomic mass is 16.6. The topological polar surface area (TPSA) is 27.7 Å². The van der Waals surface area contributed by atoms with Crippen molar-refractivity contribution in [3.63, 3.8) is 0 Å². The molecular formula is C11H14O3. The minimum absolute atomic E-state index is 0.0184. The van der Waals surface area contributed by atoms with Crippen LogP contribution in [0.3, 0.4) is 0 Å². The van der Waals surface area contributed by atoms with Gasteiger partial charge in [0.1, 0.15) is 6.61 Å². The summed E-state index contributed by atoms with van der Waals surface area (Å²) in [7, 11) is 0. The molecule has 1 aliphatic heterocycles. The average molecular weight is 194 g/mol. The predicted molar refractivity (Wildman–Crippen MR) is 52.8 cm³/mol. The zero-order chi connectivity index (χ0) is 9.80. The van der Waals surface area contributed by atoms with Crippen molar-refractivity contribution in [3.05, 3.63) is 24.3 Å². The van der Waals surface area contributed by atoms with Crippen molar-refractivity contribution in [1.29, 1.82) is 0 Å². The third-order valence-electron chi connectivity index (χ3n) is 2.08. The van der Waals surface area contributed by atoms with Gasteiger partial charge in [0.05, 0.1) is 6.61 Å². The molecule has 0 N–H and O–H groups in total. The van der Waals surface area contributed by atoms with Crippen molar-refractivity contribution in [1.82, 2.24) is 0 Å². The van der Waals surface area contributed by atoms with Crippen LogP contribution in [0.15, 0.2) is 24.3 Å². The van der Waals surface area contributed by atoms with E-state index in [9.17, 15) is 0 Å². The molecule has 1 heterocycles. The van der Waals surface area contributed by atoms with Crippen LogP contribution in [0.2, 0.25) is 0 Å². The van der Waals surface area contributed by atoms with Crippen molar-refractivity contribution in [3.8, 4) is 11.5 Å². The fourth-order valence-corrected chi connectivity index (χ4v) is 1.39. The summed E-state index contributed by atoms with van der Waals surface area (Å²) in [6.45, 7) is 3.83. The fraction of sp³-hybridized carbons (Fsp3) is 0.455. The van der Waals surface area contributed by atoms with Crippen LogP contribution < -0.4 is 9.47 Å². The second kappa shape index (κ2) is 4.33. The number of fused-ring (bicyclic) bond motifs is 1. The summed E-state index contributed by atoms with van der Waals surface area (Å²) in [4.78, 5) is 0. The van der Waals surface area contributed by atoms with E-state index in [-0.39, 0.29) is 6.10 Å². The van der Waals surface area contributed by atoms with E-state index in [0.29, 0.717) is 19.8 Å². The summed E-state index contributed by atoms with van der Waals surface area (Å²) < 4.78 is 16.5. The molecule has 1 unspecified atom stereocenters. The van der Waals surface area contributed by atoms with Crippen LogP contribution in [0.4, 0.5) is 0 Å². The van der Waals surface area contributed by atoms with Crippen LogP contribution in [0.1, 0.15) is 6.92 Å². The van der Waals surface area contributed by atoms with Crippen molar-refractivity contribution in [2.75, 3.05) is 19.8 Å². The predicted octanol–water partition coefficient (Wildman–Crippen LogP) is 1.86. The number of hydrogen-bond donors (Lipinski definition) is 0. The Kier molecular flexibility index (Phi) is 2.89. The molecule has 1 aromatic carbocycles. The molecule has 0 amide bonds. The first kappa shape index (κ1) is 9.34. The van der Waals surface area contributed by atoms with Gasteiger partial charge in [0.2, 0.25) is 0 Å². The maximum atomic E-state index is 5.68. The van der Waals surface area contributed by atoms with E-state index >= 15 is 0 Å². The molecule has 76 valence electrons. The Bertz CT molecular complexity index is 298. The lowest BCUT2D eigenvalue weighted by molar-refractivity contribution is 0.0128. The SMILES string of the molecule is CCOCC1COc2ccccc2O1. The molecular weight excluding hydrogens is 180 g/mol. The molecule has 0 spiro atoms. The quantitative estimate of drug-likeness (QED) is 0.735. The Morgan fingerprint density at radius 3 is 2.93 bits per heavy atom. The standard InChI is InChI=1S/C11H14O3/c1-2-12-7-9-8-13-10-5-3-4-6-11(10)14-9/h3-6,9H,2,7-8H2,1H3. The summed E-state index contributed by atoms with van der Waals surface area (Å²) >= 11 is 0. The molecule has 3 nitrogen and oxygen atoms in total. The lowest BCUT2D eigenvalue weighted by atomic mass is 10.3. The Morgan fingerprint density at radius 2 is 2.14 bits per heavy atom. The number of rotatable bonds is 3. The van der Waals surface area contributed by atoms with Gasteiger partial charge in [-0.2, -0.15) is 0 Å². The summed E-state index contributed by atoms with van der Waals surface area (Å²) in [5.41, 5.74) is 0. The van der Waals surface area contributed by atoms with E-state index in [1.165, 1.54) is 0 Å². The lowest BCUT2D eigenvalue weighted by Gasteiger charge is -2.26. The normalized spacial score (nSPS) is 19.4. The highest BCUT2D eigenvalue weighted by Gasteiger charge is 2.19. The highest BCUT2D eigenvalue weighted by Crippen LogP contribution is 2.30. The van der Waals surface area contributed by atoms with Gasteiger partial charge in [-0.05, 0) is 19.1 Å². The van der Waals surface area contributed by atoms with Gasteiger partial charge >= 0.3 is 0 Å². The fourth-order valence-electron chi connectivity index (χ4n) is 1.39. The molecule has 1 atom stereocenters. The van der Waals surface area contributed by atoms with E-state index in [0.717, 1.165) is 11.5 Å². The minimum Gasteiger partial charge on any atom is -0.486 e. The van der Waals surface area contributed by atoms with E-state index in [1.807, 2.05) is 31.2 Å².